The Morgan fingerprint density at radius 1 is 0.933 bits per heavy atom. The predicted molar refractivity (Wildman–Crippen MR) is 108 cm³/mol. The van der Waals surface area contributed by atoms with E-state index < -0.39 is 16.1 Å². The lowest BCUT2D eigenvalue weighted by molar-refractivity contribution is -0.136. The fourth-order valence-electron chi connectivity index (χ4n) is 2.31. The molecule has 9 nitrogen and oxygen atoms in total. The number of hydrogen-bond acceptors (Lipinski definition) is 9. The van der Waals surface area contributed by atoms with Crippen LogP contribution >= 0.6 is 0 Å². The zero-order valence-corrected chi connectivity index (χ0v) is 17.9. The molecule has 0 amide bonds. The molecule has 0 N–H and O–H groups in total. The van der Waals surface area contributed by atoms with Gasteiger partial charge < -0.3 is 18.9 Å². The number of oxime groups is 1. The molecule has 2 aromatic carbocycles. The molecule has 0 spiro atoms. The molecule has 0 saturated carbocycles. The van der Waals surface area contributed by atoms with Gasteiger partial charge in [-0.05, 0) is 37.3 Å². The van der Waals surface area contributed by atoms with E-state index in [-0.39, 0.29) is 29.4 Å². The Morgan fingerprint density at radius 3 is 2.20 bits per heavy atom. The lowest BCUT2D eigenvalue weighted by atomic mass is 10.1. The first-order chi connectivity index (χ1) is 14.3. The SMILES string of the molecule is COCCOC(=O)/C(=N\OS(=O)(=O)c1ccc(C)cc1)c1ccc(OC)c(OC)c1. The molecular formula is C20H23NO8S. The van der Waals surface area contributed by atoms with Crippen LogP contribution in [0.1, 0.15) is 11.1 Å². The highest BCUT2D eigenvalue weighted by Gasteiger charge is 2.22. The van der Waals surface area contributed by atoms with E-state index >= 15 is 0 Å². The first-order valence-corrected chi connectivity index (χ1v) is 10.2. The van der Waals surface area contributed by atoms with Crippen LogP contribution in [0, 0.1) is 6.92 Å². The summed E-state index contributed by atoms with van der Waals surface area (Å²) < 4.78 is 50.0. The maximum Gasteiger partial charge on any atom is 0.361 e. The van der Waals surface area contributed by atoms with E-state index in [0.29, 0.717) is 11.5 Å². The Labute approximate surface area is 175 Å². The average molecular weight is 437 g/mol. The van der Waals surface area contributed by atoms with Gasteiger partial charge in [-0.25, -0.2) is 4.79 Å². The topological polar surface area (TPSA) is 110 Å². The van der Waals surface area contributed by atoms with Crippen molar-refractivity contribution in [1.29, 1.82) is 0 Å². The highest BCUT2D eigenvalue weighted by molar-refractivity contribution is 7.86. The minimum Gasteiger partial charge on any atom is -0.493 e. The fourth-order valence-corrected chi connectivity index (χ4v) is 3.04. The molecule has 0 bridgehead atoms. The minimum atomic E-state index is -4.24. The lowest BCUT2D eigenvalue weighted by Gasteiger charge is -2.11. The molecule has 30 heavy (non-hydrogen) atoms. The molecule has 0 radical (unpaired) electrons. The predicted octanol–water partition coefficient (Wildman–Crippen LogP) is 2.31. The number of esters is 1. The molecule has 2 aromatic rings. The largest absolute Gasteiger partial charge is 0.493 e. The van der Waals surface area contributed by atoms with Crippen LogP contribution in [-0.4, -0.2) is 54.6 Å². The number of nitrogens with zero attached hydrogens (tertiary/aromatic N) is 1. The molecule has 0 unspecified atom stereocenters. The monoisotopic (exact) mass is 437 g/mol. The van der Waals surface area contributed by atoms with Gasteiger partial charge in [0.15, 0.2) is 17.2 Å². The quantitative estimate of drug-likeness (QED) is 0.241. The zero-order chi connectivity index (χ0) is 22.1. The Morgan fingerprint density at radius 2 is 1.60 bits per heavy atom. The normalized spacial score (nSPS) is 11.7. The molecule has 0 aliphatic rings. The molecule has 10 heteroatoms. The number of carbonyl (C=O) groups is 1. The number of methoxy groups -OCH3 is 3. The van der Waals surface area contributed by atoms with Gasteiger partial charge in [-0.2, -0.15) is 8.42 Å². The van der Waals surface area contributed by atoms with E-state index in [1.807, 2.05) is 6.92 Å². The van der Waals surface area contributed by atoms with Crippen molar-refractivity contribution in [1.82, 2.24) is 0 Å². The number of benzene rings is 2. The van der Waals surface area contributed by atoms with Crippen molar-refractivity contribution >= 4 is 21.8 Å². The molecule has 0 aromatic heterocycles. The molecule has 0 heterocycles. The van der Waals surface area contributed by atoms with E-state index in [9.17, 15) is 13.2 Å². The van der Waals surface area contributed by atoms with Crippen LogP contribution in [-0.2, 0) is 28.7 Å². The average Bonchev–Trinajstić information content (AvgIpc) is 2.74. The highest BCUT2D eigenvalue weighted by Crippen LogP contribution is 2.28. The van der Waals surface area contributed by atoms with E-state index in [2.05, 4.69) is 5.16 Å². The number of ether oxygens (including phenoxy) is 4. The fraction of sp³-hybridized carbons (Fsp3) is 0.300. The Hall–Kier alpha value is -3.11. The summed E-state index contributed by atoms with van der Waals surface area (Å²) >= 11 is 0. The van der Waals surface area contributed by atoms with Gasteiger partial charge in [0, 0.05) is 12.7 Å². The zero-order valence-electron chi connectivity index (χ0n) is 17.1. The maximum atomic E-state index is 12.5. The first kappa shape index (κ1) is 23.2. The van der Waals surface area contributed by atoms with Crippen molar-refractivity contribution in [2.75, 3.05) is 34.5 Å². The van der Waals surface area contributed by atoms with Crippen LogP contribution in [0.2, 0.25) is 0 Å². The summed E-state index contributed by atoms with van der Waals surface area (Å²) in [5, 5.41) is 3.59. The Bertz CT molecular complexity index is 1000. The van der Waals surface area contributed by atoms with Crippen LogP contribution in [0.5, 0.6) is 11.5 Å². The third-order valence-corrected chi connectivity index (χ3v) is 5.03. The van der Waals surface area contributed by atoms with E-state index in [0.717, 1.165) is 5.56 Å². The van der Waals surface area contributed by atoms with Crippen molar-refractivity contribution in [2.45, 2.75) is 11.8 Å². The van der Waals surface area contributed by atoms with Crippen LogP contribution in [0.3, 0.4) is 0 Å². The molecule has 0 atom stereocenters. The summed E-state index contributed by atoms with van der Waals surface area (Å²) in [7, 11) is 0.0950. The summed E-state index contributed by atoms with van der Waals surface area (Å²) in [5.74, 6) is -0.159. The number of hydrogen-bond donors (Lipinski definition) is 0. The number of rotatable bonds is 10. The molecule has 2 rings (SSSR count). The first-order valence-electron chi connectivity index (χ1n) is 8.79. The van der Waals surface area contributed by atoms with E-state index in [1.54, 1.807) is 18.2 Å². The van der Waals surface area contributed by atoms with Crippen LogP contribution in [0.25, 0.3) is 0 Å². The van der Waals surface area contributed by atoms with Crippen molar-refractivity contribution in [3.05, 3.63) is 53.6 Å². The van der Waals surface area contributed by atoms with Gasteiger partial charge in [0.25, 0.3) is 0 Å². The Kier molecular flexibility index (Phi) is 8.19. The second-order valence-corrected chi connectivity index (χ2v) is 7.51. The number of aryl methyl sites for hydroxylation is 1. The molecule has 0 fully saturated rings. The van der Waals surface area contributed by atoms with Gasteiger partial charge in [-0.1, -0.05) is 22.9 Å². The molecular weight excluding hydrogens is 414 g/mol. The van der Waals surface area contributed by atoms with Gasteiger partial charge in [0.1, 0.15) is 11.5 Å². The second kappa shape index (κ2) is 10.6. The smallest absolute Gasteiger partial charge is 0.361 e. The van der Waals surface area contributed by atoms with Crippen LogP contribution in [0.4, 0.5) is 0 Å². The van der Waals surface area contributed by atoms with Crippen molar-refractivity contribution in [3.8, 4) is 11.5 Å². The van der Waals surface area contributed by atoms with Gasteiger partial charge >= 0.3 is 16.1 Å². The third kappa shape index (κ3) is 5.94. The van der Waals surface area contributed by atoms with Gasteiger partial charge in [0.2, 0.25) is 0 Å². The van der Waals surface area contributed by atoms with Crippen molar-refractivity contribution in [3.63, 3.8) is 0 Å². The lowest BCUT2D eigenvalue weighted by Crippen LogP contribution is -2.22. The summed E-state index contributed by atoms with van der Waals surface area (Å²) in [4.78, 5) is 12.4. The Balaban J connectivity index is 2.40. The third-order valence-electron chi connectivity index (χ3n) is 3.91. The van der Waals surface area contributed by atoms with Crippen LogP contribution < -0.4 is 9.47 Å². The molecule has 0 aliphatic carbocycles. The van der Waals surface area contributed by atoms with E-state index in [1.165, 1.54) is 45.6 Å². The summed E-state index contributed by atoms with van der Waals surface area (Å²) in [6.07, 6.45) is 0. The van der Waals surface area contributed by atoms with Gasteiger partial charge in [-0.3, -0.25) is 4.28 Å². The summed E-state index contributed by atoms with van der Waals surface area (Å²) in [6, 6.07) is 10.5. The van der Waals surface area contributed by atoms with E-state index in [4.69, 9.17) is 23.2 Å². The second-order valence-electron chi connectivity index (χ2n) is 5.98. The van der Waals surface area contributed by atoms with Crippen molar-refractivity contribution < 1.29 is 36.4 Å². The maximum absolute atomic E-state index is 12.5. The molecule has 0 aliphatic heterocycles. The molecule has 0 saturated heterocycles. The van der Waals surface area contributed by atoms with Crippen LogP contribution in [0.15, 0.2) is 52.5 Å². The highest BCUT2D eigenvalue weighted by atomic mass is 32.2. The summed E-state index contributed by atoms with van der Waals surface area (Å²) in [5.41, 5.74) is 0.738. The summed E-state index contributed by atoms with van der Waals surface area (Å²) in [6.45, 7) is 1.93. The minimum absolute atomic E-state index is 0.0493. The number of carbonyl (C=O) groups excluding carboxylic acids is 1. The van der Waals surface area contributed by atoms with Gasteiger partial charge in [-0.15, -0.1) is 0 Å². The van der Waals surface area contributed by atoms with Crippen molar-refractivity contribution in [2.24, 2.45) is 5.16 Å². The van der Waals surface area contributed by atoms with Gasteiger partial charge in [0.05, 0.1) is 20.8 Å². The molecule has 162 valence electrons. The standard InChI is InChI=1S/C20H23NO8S/c1-14-5-8-16(9-6-14)30(23,24)29-21-19(20(22)28-12-11-25-2)15-7-10-17(26-3)18(13-15)27-4/h5-10,13H,11-12H2,1-4H3/b21-19-.